The Labute approximate surface area is 155 Å². The van der Waals surface area contributed by atoms with Gasteiger partial charge < -0.3 is 5.32 Å². The van der Waals surface area contributed by atoms with Gasteiger partial charge in [-0.2, -0.15) is 23.4 Å². The minimum Gasteiger partial charge on any atom is -0.304 e. The Balaban J connectivity index is 1.74. The molecule has 2 heterocycles. The molecule has 0 aliphatic carbocycles. The molecule has 0 bridgehead atoms. The lowest BCUT2D eigenvalue weighted by Crippen LogP contribution is -2.13. The van der Waals surface area contributed by atoms with Crippen molar-refractivity contribution in [1.29, 1.82) is 0 Å². The Kier molecular flexibility index (Phi) is 4.92. The van der Waals surface area contributed by atoms with Crippen LogP contribution in [0.3, 0.4) is 0 Å². The number of halogens is 5. The summed E-state index contributed by atoms with van der Waals surface area (Å²) in [5, 5.41) is 11.9. The molecule has 2 aromatic heterocycles. The summed E-state index contributed by atoms with van der Waals surface area (Å²) in [5.74, 6) is -1.18. The molecule has 1 amide bonds. The number of aromatic amines is 1. The molecule has 0 saturated carbocycles. The molecule has 0 radical (unpaired) electrons. The molecule has 3 aromatic rings. The van der Waals surface area contributed by atoms with Gasteiger partial charge in [0.05, 0.1) is 6.54 Å². The van der Waals surface area contributed by atoms with Crippen LogP contribution in [0.15, 0.2) is 30.3 Å². The van der Waals surface area contributed by atoms with Gasteiger partial charge in [-0.1, -0.05) is 17.7 Å². The molecule has 2 N–H and O–H groups in total. The normalized spacial score (nSPS) is 11.6. The Bertz CT molecular complexity index is 995. The molecule has 0 fully saturated rings. The zero-order chi connectivity index (χ0) is 19.8. The predicted octanol–water partition coefficient (Wildman–Crippen LogP) is 4.03. The van der Waals surface area contributed by atoms with Gasteiger partial charge in [0.2, 0.25) is 0 Å². The lowest BCUT2D eigenvalue weighted by atomic mass is 10.2. The maximum Gasteiger partial charge on any atom is 0.432 e. The van der Waals surface area contributed by atoms with Crippen LogP contribution in [-0.2, 0) is 12.7 Å². The number of carbonyl (C=O) groups excluding carboxylic acids is 1. The van der Waals surface area contributed by atoms with Crippen LogP contribution in [0.1, 0.15) is 27.4 Å². The summed E-state index contributed by atoms with van der Waals surface area (Å²) in [6.45, 7) is 1.94. The predicted molar refractivity (Wildman–Crippen MR) is 89.0 cm³/mol. The highest BCUT2D eigenvalue weighted by Crippen LogP contribution is 2.27. The lowest BCUT2D eigenvalue weighted by Gasteiger charge is -2.06. The summed E-state index contributed by atoms with van der Waals surface area (Å²) in [6.07, 6.45) is -4.63. The maximum atomic E-state index is 13.1. The molecule has 0 saturated heterocycles. The fourth-order valence-corrected chi connectivity index (χ4v) is 2.53. The van der Waals surface area contributed by atoms with Gasteiger partial charge in [-0.3, -0.25) is 14.6 Å². The number of rotatable bonds is 4. The Morgan fingerprint density at radius 2 is 2.04 bits per heavy atom. The number of aromatic nitrogens is 4. The Morgan fingerprint density at radius 1 is 1.30 bits per heavy atom. The molecule has 3 rings (SSSR count). The largest absolute Gasteiger partial charge is 0.432 e. The topological polar surface area (TPSA) is 75.6 Å². The quantitative estimate of drug-likeness (QED) is 0.648. The summed E-state index contributed by atoms with van der Waals surface area (Å²) in [5.41, 5.74) is -0.274. The number of hydrogen-bond donors (Lipinski definition) is 2. The minimum absolute atomic E-state index is 0.132. The Hall–Kier alpha value is -2.88. The van der Waals surface area contributed by atoms with Crippen LogP contribution in [0.2, 0.25) is 5.02 Å². The van der Waals surface area contributed by atoms with E-state index in [1.807, 2.05) is 0 Å². The van der Waals surface area contributed by atoms with Gasteiger partial charge in [0.1, 0.15) is 11.5 Å². The molecule has 0 aliphatic rings. The van der Waals surface area contributed by atoms with Crippen molar-refractivity contribution in [1.82, 2.24) is 20.0 Å². The van der Waals surface area contributed by atoms with Crippen molar-refractivity contribution >= 4 is 23.3 Å². The lowest BCUT2D eigenvalue weighted by molar-refractivity contribution is -0.141. The fraction of sp³-hybridized carbons (Fsp3) is 0.188. The molecule has 1 aromatic carbocycles. The Morgan fingerprint density at radius 3 is 2.67 bits per heavy atom. The number of amides is 1. The number of alkyl halides is 3. The SMILES string of the molecule is Cc1cc(NC(=O)c2cc(C(F)(F)F)[nH]n2)nn1Cc1ccc(F)cc1Cl. The van der Waals surface area contributed by atoms with E-state index in [9.17, 15) is 22.4 Å². The number of nitrogens with one attached hydrogen (secondary N) is 2. The van der Waals surface area contributed by atoms with E-state index in [1.54, 1.807) is 12.0 Å². The molecule has 0 aliphatic heterocycles. The van der Waals surface area contributed by atoms with Crippen molar-refractivity contribution in [2.75, 3.05) is 5.32 Å². The molecule has 0 spiro atoms. The van der Waals surface area contributed by atoms with Gasteiger partial charge in [0.25, 0.3) is 5.91 Å². The molecule has 11 heteroatoms. The first kappa shape index (κ1) is 18.9. The molecular weight excluding hydrogens is 390 g/mol. The monoisotopic (exact) mass is 401 g/mol. The third-order valence-electron chi connectivity index (χ3n) is 3.67. The minimum atomic E-state index is -4.63. The first-order chi connectivity index (χ1) is 12.6. The summed E-state index contributed by atoms with van der Waals surface area (Å²) in [4.78, 5) is 12.1. The standard InChI is InChI=1S/C16H12ClF4N5O/c1-8-4-14(22-15(27)12-6-13(24-23-12)16(19,20)21)25-26(8)7-9-2-3-10(18)5-11(9)17/h2-6H,7H2,1H3,(H,23,24)(H,22,25,27). The van der Waals surface area contributed by atoms with E-state index in [-0.39, 0.29) is 17.4 Å². The number of hydrogen-bond acceptors (Lipinski definition) is 3. The number of anilines is 1. The number of H-pyrrole nitrogens is 1. The van der Waals surface area contributed by atoms with Crippen molar-refractivity contribution in [3.8, 4) is 0 Å². The molecule has 0 unspecified atom stereocenters. The molecular formula is C16H12ClF4N5O. The van der Waals surface area contributed by atoms with Crippen LogP contribution < -0.4 is 5.32 Å². The highest BCUT2D eigenvalue weighted by atomic mass is 35.5. The highest BCUT2D eigenvalue weighted by Gasteiger charge is 2.33. The third kappa shape index (κ3) is 4.27. The van der Waals surface area contributed by atoms with Crippen molar-refractivity contribution in [2.45, 2.75) is 19.6 Å². The number of carbonyl (C=O) groups is 1. The van der Waals surface area contributed by atoms with Gasteiger partial charge in [0.15, 0.2) is 11.5 Å². The van der Waals surface area contributed by atoms with E-state index in [1.165, 1.54) is 28.9 Å². The number of aryl methyl sites for hydroxylation is 1. The molecule has 6 nitrogen and oxygen atoms in total. The average molecular weight is 402 g/mol. The van der Waals surface area contributed by atoms with Crippen LogP contribution in [-0.4, -0.2) is 25.9 Å². The van der Waals surface area contributed by atoms with Crippen LogP contribution >= 0.6 is 11.6 Å². The first-order valence-corrected chi connectivity index (χ1v) is 7.93. The van der Waals surface area contributed by atoms with E-state index in [4.69, 9.17) is 11.6 Å². The van der Waals surface area contributed by atoms with Gasteiger partial charge in [-0.15, -0.1) is 0 Å². The van der Waals surface area contributed by atoms with Crippen LogP contribution in [0, 0.1) is 12.7 Å². The summed E-state index contributed by atoms with van der Waals surface area (Å²) in [7, 11) is 0. The van der Waals surface area contributed by atoms with E-state index in [0.29, 0.717) is 17.3 Å². The van der Waals surface area contributed by atoms with E-state index in [0.717, 1.165) is 0 Å². The summed E-state index contributed by atoms with van der Waals surface area (Å²) >= 11 is 5.99. The van der Waals surface area contributed by atoms with Crippen molar-refractivity contribution < 1.29 is 22.4 Å². The van der Waals surface area contributed by atoms with E-state index >= 15 is 0 Å². The van der Waals surface area contributed by atoms with E-state index in [2.05, 4.69) is 15.5 Å². The van der Waals surface area contributed by atoms with Crippen molar-refractivity contribution in [2.24, 2.45) is 0 Å². The van der Waals surface area contributed by atoms with Crippen LogP contribution in [0.5, 0.6) is 0 Å². The number of nitrogens with zero attached hydrogens (tertiary/aromatic N) is 3. The van der Waals surface area contributed by atoms with Gasteiger partial charge >= 0.3 is 6.18 Å². The van der Waals surface area contributed by atoms with Gasteiger partial charge in [0, 0.05) is 22.8 Å². The van der Waals surface area contributed by atoms with E-state index < -0.39 is 29.3 Å². The zero-order valence-corrected chi connectivity index (χ0v) is 14.5. The molecule has 142 valence electrons. The fourth-order valence-electron chi connectivity index (χ4n) is 2.31. The van der Waals surface area contributed by atoms with Gasteiger partial charge in [-0.25, -0.2) is 4.39 Å². The van der Waals surface area contributed by atoms with Crippen LogP contribution in [0.4, 0.5) is 23.4 Å². The highest BCUT2D eigenvalue weighted by molar-refractivity contribution is 6.31. The molecule has 0 atom stereocenters. The second-order valence-corrected chi connectivity index (χ2v) is 6.09. The maximum absolute atomic E-state index is 13.1. The smallest absolute Gasteiger partial charge is 0.304 e. The average Bonchev–Trinajstić information content (AvgIpc) is 3.17. The van der Waals surface area contributed by atoms with Crippen molar-refractivity contribution in [3.05, 3.63) is 63.8 Å². The van der Waals surface area contributed by atoms with Crippen LogP contribution in [0.25, 0.3) is 0 Å². The summed E-state index contributed by atoms with van der Waals surface area (Å²) in [6, 6.07) is 6.09. The summed E-state index contributed by atoms with van der Waals surface area (Å²) < 4.78 is 52.3. The zero-order valence-electron chi connectivity index (χ0n) is 13.7. The van der Waals surface area contributed by atoms with Gasteiger partial charge in [-0.05, 0) is 24.6 Å². The molecule has 27 heavy (non-hydrogen) atoms. The number of benzene rings is 1. The van der Waals surface area contributed by atoms with Crippen molar-refractivity contribution in [3.63, 3.8) is 0 Å². The third-order valence-corrected chi connectivity index (χ3v) is 4.03. The first-order valence-electron chi connectivity index (χ1n) is 7.56. The second kappa shape index (κ2) is 7.03. The second-order valence-electron chi connectivity index (χ2n) is 5.68.